The molecule has 0 aromatic rings. The molecular weight excluding hydrogens is 190 g/mol. The Bertz CT molecular complexity index is 257. The summed E-state index contributed by atoms with van der Waals surface area (Å²) in [6, 6.07) is 0. The number of hydrogen-bond donors (Lipinski definition) is 0. The Balaban J connectivity index is 2.49. The highest BCUT2D eigenvalue weighted by atomic mass is 16.5. The van der Waals surface area contributed by atoms with Gasteiger partial charge in [-0.25, -0.2) is 0 Å². The van der Waals surface area contributed by atoms with Crippen molar-refractivity contribution in [2.24, 2.45) is 5.92 Å². The fraction of sp³-hybridized carbons (Fsp3) is 0.750. The van der Waals surface area contributed by atoms with Gasteiger partial charge in [0.2, 0.25) is 5.91 Å². The average molecular weight is 209 g/mol. The fourth-order valence-corrected chi connectivity index (χ4v) is 1.92. The van der Waals surface area contributed by atoms with Crippen LogP contribution in [-0.2, 0) is 9.53 Å². The lowest BCUT2D eigenvalue weighted by molar-refractivity contribution is -0.138. The van der Waals surface area contributed by atoms with E-state index in [9.17, 15) is 4.79 Å². The summed E-state index contributed by atoms with van der Waals surface area (Å²) in [5.41, 5.74) is 0. The molecule has 0 bridgehead atoms. The molecule has 2 atom stereocenters. The first-order chi connectivity index (χ1) is 7.19. The molecule has 1 fully saturated rings. The highest BCUT2D eigenvalue weighted by molar-refractivity contribution is 5.78. The van der Waals surface area contributed by atoms with E-state index in [4.69, 9.17) is 11.2 Å². The number of ether oxygens (including phenoxy) is 1. The van der Waals surface area contributed by atoms with Crippen LogP contribution in [0.5, 0.6) is 0 Å². The third-order valence-corrected chi connectivity index (χ3v) is 2.88. The molecule has 84 valence electrons. The summed E-state index contributed by atoms with van der Waals surface area (Å²) in [4.78, 5) is 13.6. The van der Waals surface area contributed by atoms with Crippen LogP contribution in [0, 0.1) is 18.3 Å². The molecule has 3 nitrogen and oxygen atoms in total. The van der Waals surface area contributed by atoms with Gasteiger partial charge in [0.05, 0.1) is 12.6 Å². The molecule has 1 saturated heterocycles. The molecule has 1 aliphatic rings. The van der Waals surface area contributed by atoms with E-state index in [0.717, 1.165) is 19.3 Å². The zero-order chi connectivity index (χ0) is 11.3. The second-order valence-electron chi connectivity index (χ2n) is 4.02. The molecule has 1 aliphatic heterocycles. The number of carbonyl (C=O) groups excluding carboxylic acids is 1. The van der Waals surface area contributed by atoms with E-state index in [1.54, 1.807) is 11.9 Å². The van der Waals surface area contributed by atoms with Crippen LogP contribution in [0.25, 0.3) is 0 Å². The summed E-state index contributed by atoms with van der Waals surface area (Å²) in [6.45, 7) is 3.18. The van der Waals surface area contributed by atoms with Crippen LogP contribution in [0.1, 0.15) is 26.2 Å². The van der Waals surface area contributed by atoms with Crippen molar-refractivity contribution < 1.29 is 9.53 Å². The maximum absolute atomic E-state index is 11.9. The van der Waals surface area contributed by atoms with Crippen molar-refractivity contribution in [1.82, 2.24) is 4.90 Å². The van der Waals surface area contributed by atoms with E-state index in [1.807, 2.05) is 0 Å². The summed E-state index contributed by atoms with van der Waals surface area (Å²) < 4.78 is 5.54. The summed E-state index contributed by atoms with van der Waals surface area (Å²) in [7, 11) is 1.76. The van der Waals surface area contributed by atoms with Gasteiger partial charge in [0.15, 0.2) is 0 Å². The first-order valence-corrected chi connectivity index (χ1v) is 5.49. The maximum Gasteiger partial charge on any atom is 0.226 e. The Kier molecular flexibility index (Phi) is 4.64. The Morgan fingerprint density at radius 2 is 2.40 bits per heavy atom. The molecule has 1 rings (SSSR count). The second kappa shape index (κ2) is 5.77. The van der Waals surface area contributed by atoms with Gasteiger partial charge in [0, 0.05) is 19.6 Å². The van der Waals surface area contributed by atoms with Gasteiger partial charge in [-0.05, 0) is 19.3 Å². The molecule has 1 heterocycles. The van der Waals surface area contributed by atoms with Gasteiger partial charge in [-0.15, -0.1) is 6.42 Å². The summed E-state index contributed by atoms with van der Waals surface area (Å²) in [5, 5.41) is 0. The third kappa shape index (κ3) is 3.24. The minimum Gasteiger partial charge on any atom is -0.378 e. The van der Waals surface area contributed by atoms with Gasteiger partial charge >= 0.3 is 0 Å². The van der Waals surface area contributed by atoms with Crippen LogP contribution in [0.4, 0.5) is 0 Å². The molecule has 0 aromatic heterocycles. The van der Waals surface area contributed by atoms with Crippen molar-refractivity contribution in [3.05, 3.63) is 0 Å². The Labute approximate surface area is 91.8 Å². The van der Waals surface area contributed by atoms with E-state index in [1.165, 1.54) is 0 Å². The van der Waals surface area contributed by atoms with E-state index in [-0.39, 0.29) is 17.9 Å². The van der Waals surface area contributed by atoms with Crippen molar-refractivity contribution in [3.8, 4) is 12.3 Å². The Morgan fingerprint density at radius 3 is 3.00 bits per heavy atom. The van der Waals surface area contributed by atoms with Gasteiger partial charge in [0.25, 0.3) is 0 Å². The number of rotatable bonds is 3. The van der Waals surface area contributed by atoms with Crippen molar-refractivity contribution in [2.75, 3.05) is 20.2 Å². The number of carbonyl (C=O) groups is 1. The second-order valence-corrected chi connectivity index (χ2v) is 4.02. The smallest absolute Gasteiger partial charge is 0.226 e. The molecule has 15 heavy (non-hydrogen) atoms. The highest BCUT2D eigenvalue weighted by Crippen LogP contribution is 2.23. The van der Waals surface area contributed by atoms with Crippen LogP contribution in [-0.4, -0.2) is 37.1 Å². The van der Waals surface area contributed by atoms with Gasteiger partial charge in [-0.2, -0.15) is 0 Å². The lowest BCUT2D eigenvalue weighted by Crippen LogP contribution is -2.38. The monoisotopic (exact) mass is 209 g/mol. The molecule has 3 heteroatoms. The molecular formula is C12H19NO2. The van der Waals surface area contributed by atoms with E-state index < -0.39 is 0 Å². The zero-order valence-electron chi connectivity index (χ0n) is 9.53. The molecule has 0 radical (unpaired) electrons. The molecule has 0 saturated carbocycles. The van der Waals surface area contributed by atoms with Crippen LogP contribution in [0.15, 0.2) is 0 Å². The molecule has 0 unspecified atom stereocenters. The maximum atomic E-state index is 11.9. The van der Waals surface area contributed by atoms with Crippen molar-refractivity contribution >= 4 is 5.91 Å². The van der Waals surface area contributed by atoms with Crippen LogP contribution in [0.3, 0.4) is 0 Å². The van der Waals surface area contributed by atoms with Crippen molar-refractivity contribution in [3.63, 3.8) is 0 Å². The zero-order valence-corrected chi connectivity index (χ0v) is 9.53. The van der Waals surface area contributed by atoms with Crippen LogP contribution >= 0.6 is 0 Å². The summed E-state index contributed by atoms with van der Waals surface area (Å²) in [6.07, 6.45) is 8.06. The van der Waals surface area contributed by atoms with E-state index in [0.29, 0.717) is 13.2 Å². The minimum absolute atomic E-state index is 0.0991. The largest absolute Gasteiger partial charge is 0.378 e. The Hall–Kier alpha value is -1.01. The quantitative estimate of drug-likeness (QED) is 0.655. The van der Waals surface area contributed by atoms with Gasteiger partial charge in [-0.1, -0.05) is 12.8 Å². The first-order valence-electron chi connectivity index (χ1n) is 5.49. The standard InChI is InChI=1S/C12H19NO2/c1-4-7-13(3)12(14)10-6-8-15-11(5-2)9-10/h1,10-11H,5-9H2,2-3H3/t10-,11-/m1/s1. The molecule has 0 spiro atoms. The van der Waals surface area contributed by atoms with Gasteiger partial charge < -0.3 is 9.64 Å². The number of amides is 1. The van der Waals surface area contributed by atoms with Crippen molar-refractivity contribution in [1.29, 1.82) is 0 Å². The minimum atomic E-state index is 0.0991. The highest BCUT2D eigenvalue weighted by Gasteiger charge is 2.28. The molecule has 0 N–H and O–H groups in total. The van der Waals surface area contributed by atoms with Gasteiger partial charge in [-0.3, -0.25) is 4.79 Å². The molecule has 0 aliphatic carbocycles. The van der Waals surface area contributed by atoms with Crippen molar-refractivity contribution in [2.45, 2.75) is 32.3 Å². The van der Waals surface area contributed by atoms with Crippen LogP contribution in [0.2, 0.25) is 0 Å². The number of hydrogen-bond acceptors (Lipinski definition) is 2. The first kappa shape index (κ1) is 12.1. The van der Waals surface area contributed by atoms with E-state index >= 15 is 0 Å². The number of nitrogens with zero attached hydrogens (tertiary/aromatic N) is 1. The van der Waals surface area contributed by atoms with Gasteiger partial charge in [0.1, 0.15) is 0 Å². The Morgan fingerprint density at radius 1 is 1.67 bits per heavy atom. The summed E-state index contributed by atoms with van der Waals surface area (Å²) in [5.74, 6) is 2.75. The molecule has 0 aromatic carbocycles. The summed E-state index contributed by atoms with van der Waals surface area (Å²) >= 11 is 0. The average Bonchev–Trinajstić information content (AvgIpc) is 2.28. The third-order valence-electron chi connectivity index (χ3n) is 2.88. The van der Waals surface area contributed by atoms with Crippen LogP contribution < -0.4 is 0 Å². The normalized spacial score (nSPS) is 25.7. The predicted octanol–water partition coefficient (Wildman–Crippen LogP) is 1.28. The lowest BCUT2D eigenvalue weighted by atomic mass is 9.93. The lowest BCUT2D eigenvalue weighted by Gasteiger charge is -2.30. The molecule has 1 amide bonds. The predicted molar refractivity (Wildman–Crippen MR) is 59.2 cm³/mol. The van der Waals surface area contributed by atoms with E-state index in [2.05, 4.69) is 12.8 Å². The fourth-order valence-electron chi connectivity index (χ4n) is 1.92. The number of terminal acetylenes is 1. The topological polar surface area (TPSA) is 29.5 Å². The SMILES string of the molecule is C#CCN(C)C(=O)[C@@H]1CCO[C@H](CC)C1.